The number of pyridine rings is 1. The molecule has 9 aromatic rings. The predicted octanol–water partition coefficient (Wildman–Crippen LogP) is 13.7. The van der Waals surface area contributed by atoms with Gasteiger partial charge in [0.1, 0.15) is 0 Å². The minimum absolute atomic E-state index is 0.144. The Morgan fingerprint density at radius 3 is 2.00 bits per heavy atom. The molecule has 1 aliphatic rings. The van der Waals surface area contributed by atoms with Gasteiger partial charge in [-0.3, -0.25) is 9.98 Å². The van der Waals surface area contributed by atoms with Crippen LogP contribution in [0, 0.1) is 0 Å². The number of hydrogen-bond donors (Lipinski definition) is 1. The molecule has 3 heteroatoms. The number of aromatic nitrogens is 1. The second-order valence-electron chi connectivity index (χ2n) is 16.0. The van der Waals surface area contributed by atoms with Gasteiger partial charge in [-0.05, 0) is 95.4 Å². The second kappa shape index (κ2) is 14.9. The molecule has 0 atom stereocenters. The molecule has 0 fully saturated rings. The van der Waals surface area contributed by atoms with Gasteiger partial charge in [0.25, 0.3) is 0 Å². The molecule has 0 saturated carbocycles. The van der Waals surface area contributed by atoms with Gasteiger partial charge in [-0.25, -0.2) is 0 Å². The van der Waals surface area contributed by atoms with Crippen molar-refractivity contribution < 1.29 is 0 Å². The summed E-state index contributed by atoms with van der Waals surface area (Å²) >= 11 is 0. The molecule has 0 unspecified atom stereocenters. The van der Waals surface area contributed by atoms with E-state index in [2.05, 4.69) is 177 Å². The summed E-state index contributed by atoms with van der Waals surface area (Å²) in [5.74, 6) is 0. The Morgan fingerprint density at radius 1 is 0.542 bits per heavy atom. The highest BCUT2D eigenvalue weighted by molar-refractivity contribution is 6.14. The topological polar surface area (TPSA) is 51.3 Å². The molecule has 282 valence electrons. The highest BCUT2D eigenvalue weighted by Gasteiger charge is 2.38. The maximum absolute atomic E-state index is 7.09. The summed E-state index contributed by atoms with van der Waals surface area (Å²) in [7, 11) is 0. The Labute approximate surface area is 345 Å². The Morgan fingerprint density at radius 2 is 1.20 bits per heavy atom. The van der Waals surface area contributed by atoms with Crippen molar-refractivity contribution in [1.29, 1.82) is 0 Å². The molecule has 0 aliphatic heterocycles. The van der Waals surface area contributed by atoms with E-state index in [0.717, 1.165) is 49.9 Å². The van der Waals surface area contributed by atoms with Gasteiger partial charge in [-0.2, -0.15) is 0 Å². The highest BCUT2D eigenvalue weighted by Crippen LogP contribution is 2.54. The Bertz CT molecular complexity index is 3080. The smallest absolute Gasteiger partial charge is 0.0671 e. The number of allylic oxidation sites excluding steroid dienone is 1. The third-order valence-electron chi connectivity index (χ3n) is 12.0. The zero-order valence-electron chi connectivity index (χ0n) is 33.2. The number of benzene rings is 8. The number of hydrogen-bond acceptors (Lipinski definition) is 3. The first-order valence-electron chi connectivity index (χ1n) is 20.3. The van der Waals surface area contributed by atoms with Gasteiger partial charge in [-0.15, -0.1) is 0 Å². The molecule has 3 nitrogen and oxygen atoms in total. The third kappa shape index (κ3) is 6.51. The fourth-order valence-corrected chi connectivity index (χ4v) is 9.21. The molecule has 59 heavy (non-hydrogen) atoms. The molecule has 0 amide bonds. The van der Waals surface area contributed by atoms with Gasteiger partial charge in [0.15, 0.2) is 0 Å². The van der Waals surface area contributed by atoms with Crippen molar-refractivity contribution in [3.8, 4) is 44.5 Å². The first kappa shape index (κ1) is 36.0. The van der Waals surface area contributed by atoms with Crippen LogP contribution in [0.2, 0.25) is 0 Å². The van der Waals surface area contributed by atoms with E-state index in [9.17, 15) is 0 Å². The van der Waals surface area contributed by atoms with Crippen LogP contribution in [0.3, 0.4) is 0 Å². The Kier molecular flexibility index (Phi) is 9.07. The van der Waals surface area contributed by atoms with E-state index >= 15 is 0 Å². The maximum atomic E-state index is 7.09. The molecule has 10 rings (SSSR count). The SMILES string of the molecule is CC1(C)c2c(-c3ccc(-c4ccc(/C(N)=C/C(=NCc5ccccc5)c5cccc(-c6cccnc6)c5)c5ccccc45)cc3)cccc2-c2ccc3ccccc3c21. The molecule has 2 N–H and O–H groups in total. The van der Waals surface area contributed by atoms with Gasteiger partial charge in [0, 0.05) is 40.2 Å². The fourth-order valence-electron chi connectivity index (χ4n) is 9.21. The highest BCUT2D eigenvalue weighted by atomic mass is 14.7. The zero-order valence-corrected chi connectivity index (χ0v) is 33.2. The molecule has 1 aromatic heterocycles. The lowest BCUT2D eigenvalue weighted by Gasteiger charge is -2.26. The summed E-state index contributed by atoms with van der Waals surface area (Å²) < 4.78 is 0. The van der Waals surface area contributed by atoms with E-state index in [4.69, 9.17) is 10.7 Å². The first-order chi connectivity index (χ1) is 28.9. The molecule has 0 spiro atoms. The van der Waals surface area contributed by atoms with Crippen molar-refractivity contribution >= 4 is 33.0 Å². The van der Waals surface area contributed by atoms with Gasteiger partial charge >= 0.3 is 0 Å². The van der Waals surface area contributed by atoms with Crippen molar-refractivity contribution in [3.05, 3.63) is 228 Å². The average molecular weight is 758 g/mol. The number of fused-ring (bicyclic) bond motifs is 6. The summed E-state index contributed by atoms with van der Waals surface area (Å²) in [5, 5.41) is 4.88. The first-order valence-corrected chi connectivity index (χ1v) is 20.3. The molecule has 0 saturated heterocycles. The predicted molar refractivity (Wildman–Crippen MR) is 248 cm³/mol. The molecule has 1 heterocycles. The number of nitrogens with zero attached hydrogens (tertiary/aromatic N) is 2. The van der Waals surface area contributed by atoms with Crippen LogP contribution in [0.5, 0.6) is 0 Å². The van der Waals surface area contributed by atoms with E-state index in [0.29, 0.717) is 12.2 Å². The van der Waals surface area contributed by atoms with Crippen LogP contribution >= 0.6 is 0 Å². The van der Waals surface area contributed by atoms with Gasteiger partial charge < -0.3 is 5.73 Å². The Balaban J connectivity index is 1.01. The van der Waals surface area contributed by atoms with Gasteiger partial charge in [-0.1, -0.05) is 184 Å². The van der Waals surface area contributed by atoms with E-state index < -0.39 is 0 Å². The number of aliphatic imine (C=N–C) groups is 1. The van der Waals surface area contributed by atoms with Crippen molar-refractivity contribution in [3.63, 3.8) is 0 Å². The van der Waals surface area contributed by atoms with Crippen LogP contribution in [-0.4, -0.2) is 10.7 Å². The molecular weight excluding hydrogens is 715 g/mol. The van der Waals surface area contributed by atoms with E-state index in [1.54, 1.807) is 6.20 Å². The normalized spacial score (nSPS) is 13.4. The molecule has 1 aliphatic carbocycles. The largest absolute Gasteiger partial charge is 0.398 e. The van der Waals surface area contributed by atoms with Gasteiger partial charge in [0.05, 0.1) is 12.3 Å². The van der Waals surface area contributed by atoms with Crippen molar-refractivity contribution in [2.45, 2.75) is 25.8 Å². The average Bonchev–Trinajstić information content (AvgIpc) is 3.54. The van der Waals surface area contributed by atoms with E-state index in [1.807, 2.05) is 36.5 Å². The monoisotopic (exact) mass is 757 g/mol. The number of rotatable bonds is 8. The van der Waals surface area contributed by atoms with Crippen molar-refractivity contribution in [1.82, 2.24) is 4.98 Å². The fraction of sp³-hybridized carbons (Fsp3) is 0.0714. The molecule has 8 aromatic carbocycles. The van der Waals surface area contributed by atoms with Gasteiger partial charge in [0.2, 0.25) is 0 Å². The number of nitrogens with two attached hydrogens (primary N) is 1. The van der Waals surface area contributed by atoms with Crippen LogP contribution in [-0.2, 0) is 12.0 Å². The van der Waals surface area contributed by atoms with Crippen molar-refractivity contribution in [2.24, 2.45) is 10.7 Å². The van der Waals surface area contributed by atoms with Crippen molar-refractivity contribution in [2.75, 3.05) is 0 Å². The second-order valence-corrected chi connectivity index (χ2v) is 16.0. The minimum Gasteiger partial charge on any atom is -0.398 e. The minimum atomic E-state index is -0.144. The van der Waals surface area contributed by atoms with E-state index in [-0.39, 0.29) is 5.41 Å². The van der Waals surface area contributed by atoms with Crippen LogP contribution in [0.1, 0.15) is 41.7 Å². The third-order valence-corrected chi connectivity index (χ3v) is 12.0. The summed E-state index contributed by atoms with van der Waals surface area (Å²) in [4.78, 5) is 9.49. The lowest BCUT2D eigenvalue weighted by Crippen LogP contribution is -2.16. The molecule has 0 bridgehead atoms. The van der Waals surface area contributed by atoms with E-state index in [1.165, 1.54) is 49.7 Å². The van der Waals surface area contributed by atoms with Crippen LogP contribution < -0.4 is 5.73 Å². The summed E-state index contributed by atoms with van der Waals surface area (Å²) in [6.45, 7) is 5.31. The maximum Gasteiger partial charge on any atom is 0.0671 e. The lowest BCUT2D eigenvalue weighted by molar-refractivity contribution is 0.668. The Hall–Kier alpha value is -7.36. The molecule has 0 radical (unpaired) electrons. The lowest BCUT2D eigenvalue weighted by atomic mass is 9.77. The van der Waals surface area contributed by atoms with Crippen LogP contribution in [0.25, 0.3) is 71.7 Å². The zero-order chi connectivity index (χ0) is 39.9. The standard InChI is InChI=1S/C56H43N3/c1-56(2)54-46(22-11-23-50(54)51-29-28-38-15-6-7-19-45(38)55(51)56)40-26-24-39(25-27-40)44-30-31-49(48-21-9-8-20-47(44)48)52(57)34-53(59-35-37-13-4-3-5-14-37)42-17-10-16-41(33-42)43-18-12-32-58-36-43/h3-34,36H,35,57H2,1-2H3/b52-34-,59-53?. The summed E-state index contributed by atoms with van der Waals surface area (Å²) in [5.41, 5.74) is 24.0. The van der Waals surface area contributed by atoms with Crippen LogP contribution in [0.4, 0.5) is 0 Å². The quantitative estimate of drug-likeness (QED) is 0.157. The summed E-state index contributed by atoms with van der Waals surface area (Å²) in [6.07, 6.45) is 5.72. The van der Waals surface area contributed by atoms with Crippen LogP contribution in [0.15, 0.2) is 205 Å². The molecular formula is C56H43N3. The summed E-state index contributed by atoms with van der Waals surface area (Å²) in [6, 6.07) is 65.0.